The predicted molar refractivity (Wildman–Crippen MR) is 122 cm³/mol. The van der Waals surface area contributed by atoms with E-state index >= 15 is 0 Å². The van der Waals surface area contributed by atoms with E-state index in [4.69, 9.17) is 28.4 Å². The third-order valence-electron chi connectivity index (χ3n) is 4.89. The van der Waals surface area contributed by atoms with Crippen LogP contribution in [0.25, 0.3) is 0 Å². The molecule has 13 heteroatoms. The molecule has 1 fully saturated rings. The molecular formula is C24H29NO12. The molecule has 0 bridgehead atoms. The summed E-state index contributed by atoms with van der Waals surface area (Å²) in [5.41, 5.74) is 0.365. The summed E-state index contributed by atoms with van der Waals surface area (Å²) in [5, 5.41) is 2.59. The maximum Gasteiger partial charge on any atom is 0.308 e. The molecule has 1 aromatic carbocycles. The van der Waals surface area contributed by atoms with Crippen LogP contribution in [0.4, 0.5) is 0 Å². The van der Waals surface area contributed by atoms with Gasteiger partial charge in [-0.25, -0.2) is 0 Å². The summed E-state index contributed by atoms with van der Waals surface area (Å²) in [5.74, 6) is -4.09. The summed E-state index contributed by atoms with van der Waals surface area (Å²) < 4.78 is 31.8. The van der Waals surface area contributed by atoms with E-state index in [2.05, 4.69) is 5.32 Å². The molecule has 5 atom stereocenters. The topological polar surface area (TPSA) is 170 Å². The van der Waals surface area contributed by atoms with Gasteiger partial charge in [0.15, 0.2) is 12.2 Å². The second kappa shape index (κ2) is 13.3. The number of hydrogen-bond donors (Lipinski definition) is 1. The van der Waals surface area contributed by atoms with Gasteiger partial charge in [0.05, 0.1) is 6.42 Å². The van der Waals surface area contributed by atoms with Crippen molar-refractivity contribution in [2.75, 3.05) is 6.61 Å². The average molecular weight is 523 g/mol. The first-order valence-corrected chi connectivity index (χ1v) is 11.2. The lowest BCUT2D eigenvalue weighted by molar-refractivity contribution is -0.271. The van der Waals surface area contributed by atoms with Crippen molar-refractivity contribution in [3.8, 4) is 5.75 Å². The lowest BCUT2D eigenvalue weighted by Gasteiger charge is -2.44. The molecular weight excluding hydrogens is 494 g/mol. The highest BCUT2D eigenvalue weighted by atomic mass is 16.7. The monoisotopic (exact) mass is 523 g/mol. The number of para-hydroxylation sites is 1. The molecule has 0 aliphatic carbocycles. The van der Waals surface area contributed by atoms with Gasteiger partial charge in [-0.05, 0) is 6.07 Å². The molecule has 2 rings (SSSR count). The maximum atomic E-state index is 13.0. The fourth-order valence-electron chi connectivity index (χ4n) is 3.63. The molecule has 0 spiro atoms. The van der Waals surface area contributed by atoms with E-state index in [0.29, 0.717) is 5.56 Å². The van der Waals surface area contributed by atoms with E-state index in [9.17, 15) is 28.8 Å². The molecule has 1 saturated heterocycles. The molecule has 1 aromatic rings. The Morgan fingerprint density at radius 1 is 0.784 bits per heavy atom. The normalized spacial score (nSPS) is 22.7. The van der Waals surface area contributed by atoms with Gasteiger partial charge in [-0.3, -0.25) is 28.8 Å². The van der Waals surface area contributed by atoms with Crippen LogP contribution in [0.2, 0.25) is 0 Å². The molecule has 0 saturated carbocycles. The van der Waals surface area contributed by atoms with Crippen LogP contribution in [0.3, 0.4) is 0 Å². The number of hydrogen-bond acceptors (Lipinski definition) is 12. The predicted octanol–water partition coefficient (Wildman–Crippen LogP) is 0.354. The Hall–Kier alpha value is -4.00. The van der Waals surface area contributed by atoms with Gasteiger partial charge in [-0.1, -0.05) is 18.2 Å². The summed E-state index contributed by atoms with van der Waals surface area (Å²) in [6.07, 6.45) is -5.74. The zero-order valence-corrected chi connectivity index (χ0v) is 21.0. The van der Waals surface area contributed by atoms with Crippen molar-refractivity contribution in [1.29, 1.82) is 0 Å². The molecule has 1 N–H and O–H groups in total. The third-order valence-corrected chi connectivity index (χ3v) is 4.89. The van der Waals surface area contributed by atoms with Crippen molar-refractivity contribution in [3.05, 3.63) is 29.8 Å². The first kappa shape index (κ1) is 29.2. The zero-order chi connectivity index (χ0) is 27.7. The van der Waals surface area contributed by atoms with Crippen LogP contribution < -0.4 is 10.1 Å². The van der Waals surface area contributed by atoms with Gasteiger partial charge in [0.25, 0.3) is 0 Å². The van der Waals surface area contributed by atoms with E-state index < -0.39 is 73.0 Å². The number of nitrogens with one attached hydrogen (secondary N) is 1. The van der Waals surface area contributed by atoms with Crippen LogP contribution in [-0.2, 0) is 58.9 Å². The first-order valence-electron chi connectivity index (χ1n) is 11.2. The summed E-state index contributed by atoms with van der Waals surface area (Å²) >= 11 is 0. The lowest BCUT2D eigenvalue weighted by Crippen LogP contribution is -2.67. The smallest absolute Gasteiger partial charge is 0.308 e. The highest BCUT2D eigenvalue weighted by Gasteiger charge is 2.52. The Morgan fingerprint density at radius 2 is 1.38 bits per heavy atom. The van der Waals surface area contributed by atoms with Gasteiger partial charge < -0.3 is 33.7 Å². The fourth-order valence-corrected chi connectivity index (χ4v) is 3.63. The summed E-state index contributed by atoms with van der Waals surface area (Å²) in [6.45, 7) is 5.22. The van der Waals surface area contributed by atoms with Crippen LogP contribution in [-0.4, -0.2) is 73.0 Å². The minimum absolute atomic E-state index is 0.164. The van der Waals surface area contributed by atoms with Gasteiger partial charge >= 0.3 is 29.8 Å². The highest BCUT2D eigenvalue weighted by molar-refractivity contribution is 5.80. The number of ether oxygens (including phenoxy) is 6. The second-order valence-corrected chi connectivity index (χ2v) is 8.07. The Labute approximate surface area is 212 Å². The fraction of sp³-hybridized carbons (Fsp3) is 0.500. The van der Waals surface area contributed by atoms with Crippen LogP contribution in [0, 0.1) is 0 Å². The molecule has 202 valence electrons. The first-order chi connectivity index (χ1) is 17.4. The molecule has 0 radical (unpaired) electrons. The van der Waals surface area contributed by atoms with E-state index in [0.717, 1.165) is 27.7 Å². The van der Waals surface area contributed by atoms with Crippen LogP contribution >= 0.6 is 0 Å². The standard InChI is InChI=1S/C24H29NO12/c1-12(26)32-11-19-22(34-14(3)28)23(35-15(4)29)21(24(37-19)36-16(5)30)25-20(31)10-17-8-6-7-9-18(17)33-13(2)27/h6-9,19,21-24H,10-11H2,1-5H3,(H,25,31). The molecule has 0 aromatic heterocycles. The number of benzene rings is 1. The highest BCUT2D eigenvalue weighted by Crippen LogP contribution is 2.28. The van der Waals surface area contributed by atoms with Crippen molar-refractivity contribution < 1.29 is 57.2 Å². The molecule has 1 aliphatic heterocycles. The van der Waals surface area contributed by atoms with Gasteiger partial charge in [0, 0.05) is 40.2 Å². The average Bonchev–Trinajstić information content (AvgIpc) is 2.76. The molecule has 1 heterocycles. The van der Waals surface area contributed by atoms with Crippen LogP contribution in [0.1, 0.15) is 40.2 Å². The van der Waals surface area contributed by atoms with Gasteiger partial charge in [-0.15, -0.1) is 0 Å². The maximum absolute atomic E-state index is 13.0. The van der Waals surface area contributed by atoms with Crippen LogP contribution in [0.5, 0.6) is 5.75 Å². The minimum atomic E-state index is -1.51. The third kappa shape index (κ3) is 9.18. The van der Waals surface area contributed by atoms with Crippen molar-refractivity contribution in [2.24, 2.45) is 0 Å². The Kier molecular flexibility index (Phi) is 10.5. The molecule has 13 nitrogen and oxygen atoms in total. The summed E-state index contributed by atoms with van der Waals surface area (Å²) in [6, 6.07) is 5.00. The Bertz CT molecular complexity index is 1040. The summed E-state index contributed by atoms with van der Waals surface area (Å²) in [7, 11) is 0. The van der Waals surface area contributed by atoms with Gasteiger partial charge in [-0.2, -0.15) is 0 Å². The number of carbonyl (C=O) groups excluding carboxylic acids is 6. The number of carbonyl (C=O) groups is 6. The largest absolute Gasteiger partial charge is 0.463 e. The second-order valence-electron chi connectivity index (χ2n) is 8.07. The van der Waals surface area contributed by atoms with E-state index in [1.165, 1.54) is 13.0 Å². The van der Waals surface area contributed by atoms with Crippen molar-refractivity contribution in [2.45, 2.75) is 71.7 Å². The quantitative estimate of drug-likeness (QED) is 0.268. The Morgan fingerprint density at radius 3 is 1.95 bits per heavy atom. The molecule has 1 aliphatic rings. The number of esters is 5. The number of amides is 1. The minimum Gasteiger partial charge on any atom is -0.463 e. The molecule has 37 heavy (non-hydrogen) atoms. The van der Waals surface area contributed by atoms with E-state index in [1.54, 1.807) is 18.2 Å². The number of rotatable bonds is 9. The SMILES string of the molecule is CC(=O)OCC1OC(OC(C)=O)C(NC(=O)Cc2ccccc2OC(C)=O)C(OC(C)=O)C1OC(C)=O. The lowest BCUT2D eigenvalue weighted by atomic mass is 9.95. The van der Waals surface area contributed by atoms with E-state index in [1.807, 2.05) is 0 Å². The zero-order valence-electron chi connectivity index (χ0n) is 21.0. The van der Waals surface area contributed by atoms with Crippen molar-refractivity contribution in [3.63, 3.8) is 0 Å². The van der Waals surface area contributed by atoms with Crippen LogP contribution in [0.15, 0.2) is 24.3 Å². The van der Waals surface area contributed by atoms with Crippen molar-refractivity contribution in [1.82, 2.24) is 5.32 Å². The molecule has 5 unspecified atom stereocenters. The Balaban J connectivity index is 2.40. The van der Waals surface area contributed by atoms with Gasteiger partial charge in [0.2, 0.25) is 12.2 Å². The molecule has 1 amide bonds. The van der Waals surface area contributed by atoms with Gasteiger partial charge in [0.1, 0.15) is 24.5 Å². The van der Waals surface area contributed by atoms with E-state index in [-0.39, 0.29) is 12.2 Å². The van der Waals surface area contributed by atoms with Crippen molar-refractivity contribution >= 4 is 35.8 Å². The summed E-state index contributed by atoms with van der Waals surface area (Å²) in [4.78, 5) is 71.4.